The zero-order valence-corrected chi connectivity index (χ0v) is 14.2. The maximum absolute atomic E-state index is 5.33. The van der Waals surface area contributed by atoms with E-state index >= 15 is 0 Å². The SMILES string of the molecule is COc1ccc(CNc2ccnc(NC3CCCC3)n2)cc1OC. The van der Waals surface area contributed by atoms with Gasteiger partial charge in [-0.05, 0) is 36.6 Å². The van der Waals surface area contributed by atoms with Crippen LogP contribution in [0.4, 0.5) is 11.8 Å². The Kier molecular flexibility index (Phi) is 5.36. The van der Waals surface area contributed by atoms with E-state index in [9.17, 15) is 0 Å². The van der Waals surface area contributed by atoms with Crippen molar-refractivity contribution in [1.82, 2.24) is 9.97 Å². The van der Waals surface area contributed by atoms with Gasteiger partial charge in [0.05, 0.1) is 14.2 Å². The van der Waals surface area contributed by atoms with E-state index in [0.29, 0.717) is 18.5 Å². The van der Waals surface area contributed by atoms with Gasteiger partial charge in [0.2, 0.25) is 5.95 Å². The lowest BCUT2D eigenvalue weighted by Gasteiger charge is -2.13. The van der Waals surface area contributed by atoms with Crippen LogP contribution in [-0.2, 0) is 6.54 Å². The maximum atomic E-state index is 5.33. The Morgan fingerprint density at radius 2 is 1.88 bits per heavy atom. The molecule has 128 valence electrons. The second-order valence-corrected chi connectivity index (χ2v) is 5.93. The second kappa shape index (κ2) is 7.86. The highest BCUT2D eigenvalue weighted by Gasteiger charge is 2.15. The molecular formula is C18H24N4O2. The molecule has 3 rings (SSSR count). The van der Waals surface area contributed by atoms with Crippen molar-refractivity contribution in [3.63, 3.8) is 0 Å². The third kappa shape index (κ3) is 4.07. The molecule has 2 aromatic rings. The van der Waals surface area contributed by atoms with E-state index in [4.69, 9.17) is 9.47 Å². The van der Waals surface area contributed by atoms with Gasteiger partial charge in [-0.3, -0.25) is 0 Å². The molecule has 0 spiro atoms. The van der Waals surface area contributed by atoms with E-state index in [1.165, 1.54) is 25.7 Å². The summed E-state index contributed by atoms with van der Waals surface area (Å²) in [7, 11) is 3.27. The third-order valence-corrected chi connectivity index (χ3v) is 4.27. The minimum Gasteiger partial charge on any atom is -0.493 e. The molecule has 6 heteroatoms. The summed E-state index contributed by atoms with van der Waals surface area (Å²) < 4.78 is 10.6. The standard InChI is InChI=1S/C18H24N4O2/c1-23-15-8-7-13(11-16(15)24-2)12-20-17-9-10-19-18(22-17)21-14-5-3-4-6-14/h7-11,14H,3-6,12H2,1-2H3,(H2,19,20,21,22). The molecule has 0 radical (unpaired) electrons. The Bertz CT molecular complexity index is 672. The van der Waals surface area contributed by atoms with Crippen LogP contribution in [0.5, 0.6) is 11.5 Å². The number of aromatic nitrogens is 2. The monoisotopic (exact) mass is 328 g/mol. The van der Waals surface area contributed by atoms with E-state index < -0.39 is 0 Å². The van der Waals surface area contributed by atoms with Crippen molar-refractivity contribution < 1.29 is 9.47 Å². The zero-order chi connectivity index (χ0) is 16.8. The fraction of sp³-hybridized carbons (Fsp3) is 0.444. The minimum atomic E-state index is 0.506. The number of ether oxygens (including phenoxy) is 2. The first-order chi connectivity index (χ1) is 11.8. The summed E-state index contributed by atoms with van der Waals surface area (Å²) in [6.45, 7) is 0.653. The lowest BCUT2D eigenvalue weighted by Crippen LogP contribution is -2.17. The number of methoxy groups -OCH3 is 2. The molecule has 1 aromatic heterocycles. The van der Waals surface area contributed by atoms with Gasteiger partial charge in [0.15, 0.2) is 11.5 Å². The first kappa shape index (κ1) is 16.4. The van der Waals surface area contributed by atoms with Gasteiger partial charge in [0.25, 0.3) is 0 Å². The van der Waals surface area contributed by atoms with Crippen LogP contribution in [0, 0.1) is 0 Å². The largest absolute Gasteiger partial charge is 0.493 e. The maximum Gasteiger partial charge on any atom is 0.224 e. The average Bonchev–Trinajstić information content (AvgIpc) is 3.13. The summed E-state index contributed by atoms with van der Waals surface area (Å²) in [6, 6.07) is 8.26. The predicted octanol–water partition coefficient (Wildman–Crippen LogP) is 3.46. The van der Waals surface area contributed by atoms with Gasteiger partial charge in [0, 0.05) is 18.8 Å². The Morgan fingerprint density at radius 1 is 1.08 bits per heavy atom. The second-order valence-electron chi connectivity index (χ2n) is 5.93. The highest BCUT2D eigenvalue weighted by atomic mass is 16.5. The van der Waals surface area contributed by atoms with Gasteiger partial charge in [-0.2, -0.15) is 4.98 Å². The molecule has 0 aliphatic heterocycles. The quantitative estimate of drug-likeness (QED) is 0.811. The van der Waals surface area contributed by atoms with E-state index in [0.717, 1.165) is 22.9 Å². The molecule has 0 bridgehead atoms. The molecular weight excluding hydrogens is 304 g/mol. The van der Waals surface area contributed by atoms with E-state index in [2.05, 4.69) is 20.6 Å². The van der Waals surface area contributed by atoms with Gasteiger partial charge in [0.1, 0.15) is 5.82 Å². The molecule has 1 aliphatic carbocycles. The number of hydrogen-bond acceptors (Lipinski definition) is 6. The Morgan fingerprint density at radius 3 is 2.62 bits per heavy atom. The summed E-state index contributed by atoms with van der Waals surface area (Å²) in [6.07, 6.45) is 6.75. The normalized spacial score (nSPS) is 14.4. The van der Waals surface area contributed by atoms with Crippen molar-refractivity contribution >= 4 is 11.8 Å². The Hall–Kier alpha value is -2.50. The molecule has 1 heterocycles. The number of hydrogen-bond donors (Lipinski definition) is 2. The molecule has 1 aliphatic rings. The molecule has 1 saturated carbocycles. The highest BCUT2D eigenvalue weighted by Crippen LogP contribution is 2.27. The van der Waals surface area contributed by atoms with Crippen molar-refractivity contribution in [2.75, 3.05) is 24.9 Å². The van der Waals surface area contributed by atoms with Crippen LogP contribution in [0.3, 0.4) is 0 Å². The van der Waals surface area contributed by atoms with Gasteiger partial charge >= 0.3 is 0 Å². The van der Waals surface area contributed by atoms with E-state index in [1.54, 1.807) is 20.4 Å². The van der Waals surface area contributed by atoms with Gasteiger partial charge < -0.3 is 20.1 Å². The third-order valence-electron chi connectivity index (χ3n) is 4.27. The first-order valence-corrected chi connectivity index (χ1v) is 8.33. The lowest BCUT2D eigenvalue weighted by molar-refractivity contribution is 0.354. The molecule has 0 saturated heterocycles. The number of rotatable bonds is 7. The van der Waals surface area contributed by atoms with Gasteiger partial charge in [-0.15, -0.1) is 0 Å². The van der Waals surface area contributed by atoms with Crippen molar-refractivity contribution in [3.05, 3.63) is 36.0 Å². The highest BCUT2D eigenvalue weighted by molar-refractivity contribution is 5.45. The topological polar surface area (TPSA) is 68.3 Å². The van der Waals surface area contributed by atoms with Crippen molar-refractivity contribution in [2.45, 2.75) is 38.3 Å². The first-order valence-electron chi connectivity index (χ1n) is 8.33. The average molecular weight is 328 g/mol. The van der Waals surface area contributed by atoms with Gasteiger partial charge in [-0.25, -0.2) is 4.98 Å². The molecule has 24 heavy (non-hydrogen) atoms. The van der Waals surface area contributed by atoms with Crippen LogP contribution in [0.15, 0.2) is 30.5 Å². The Balaban J connectivity index is 1.61. The van der Waals surface area contributed by atoms with Crippen LogP contribution < -0.4 is 20.1 Å². The predicted molar refractivity (Wildman–Crippen MR) is 94.8 cm³/mol. The van der Waals surface area contributed by atoms with Crippen LogP contribution in [-0.4, -0.2) is 30.2 Å². The number of nitrogens with zero attached hydrogens (tertiary/aromatic N) is 2. The number of benzene rings is 1. The zero-order valence-electron chi connectivity index (χ0n) is 14.2. The summed E-state index contributed by atoms with van der Waals surface area (Å²) in [5.74, 6) is 2.95. The Labute approximate surface area is 142 Å². The fourth-order valence-corrected chi connectivity index (χ4v) is 2.96. The number of anilines is 2. The lowest BCUT2D eigenvalue weighted by atomic mass is 10.2. The van der Waals surface area contributed by atoms with Gasteiger partial charge in [-0.1, -0.05) is 18.9 Å². The molecule has 0 amide bonds. The number of nitrogens with one attached hydrogen (secondary N) is 2. The van der Waals surface area contributed by atoms with E-state index in [-0.39, 0.29) is 0 Å². The molecule has 0 unspecified atom stereocenters. The van der Waals surface area contributed by atoms with Crippen molar-refractivity contribution in [2.24, 2.45) is 0 Å². The minimum absolute atomic E-state index is 0.506. The van der Waals surface area contributed by atoms with Crippen molar-refractivity contribution in [1.29, 1.82) is 0 Å². The van der Waals surface area contributed by atoms with Crippen LogP contribution in [0.2, 0.25) is 0 Å². The van der Waals surface area contributed by atoms with Crippen LogP contribution in [0.1, 0.15) is 31.2 Å². The van der Waals surface area contributed by atoms with E-state index in [1.807, 2.05) is 24.3 Å². The fourth-order valence-electron chi connectivity index (χ4n) is 2.96. The summed E-state index contributed by atoms with van der Waals surface area (Å²) >= 11 is 0. The molecule has 2 N–H and O–H groups in total. The molecule has 6 nitrogen and oxygen atoms in total. The molecule has 1 aromatic carbocycles. The smallest absolute Gasteiger partial charge is 0.224 e. The van der Waals surface area contributed by atoms with Crippen LogP contribution >= 0.6 is 0 Å². The summed E-state index contributed by atoms with van der Waals surface area (Å²) in [5, 5.41) is 6.74. The summed E-state index contributed by atoms with van der Waals surface area (Å²) in [4.78, 5) is 8.85. The molecule has 1 fully saturated rings. The molecule has 0 atom stereocenters. The van der Waals surface area contributed by atoms with Crippen LogP contribution in [0.25, 0.3) is 0 Å². The summed E-state index contributed by atoms with van der Waals surface area (Å²) in [5.41, 5.74) is 1.09. The van der Waals surface area contributed by atoms with Crippen molar-refractivity contribution in [3.8, 4) is 11.5 Å².